The molecule has 0 amide bonds. The number of nitrogens with zero attached hydrogens (tertiary/aromatic N) is 3. The number of ether oxygens (including phenoxy) is 1. The lowest BCUT2D eigenvalue weighted by atomic mass is 9.99. The number of rotatable bonds is 5. The van der Waals surface area contributed by atoms with Crippen LogP contribution in [0.5, 0.6) is 5.88 Å². The molecule has 1 aromatic carbocycles. The summed E-state index contributed by atoms with van der Waals surface area (Å²) in [5, 5.41) is 0. The maximum Gasteiger partial charge on any atom is 0.243 e. The molecule has 0 bridgehead atoms. The Balaban J connectivity index is 1.57. The van der Waals surface area contributed by atoms with Crippen LogP contribution in [-0.2, 0) is 10.0 Å². The smallest absolute Gasteiger partial charge is 0.243 e. The normalized spacial score (nSPS) is 16.6. The molecule has 2 heterocycles. The second-order valence-electron chi connectivity index (χ2n) is 6.86. The number of hydrogen-bond donors (Lipinski definition) is 0. The Hall–Kier alpha value is -1.99. The van der Waals surface area contributed by atoms with Crippen LogP contribution in [0.3, 0.4) is 0 Å². The molecule has 1 fully saturated rings. The van der Waals surface area contributed by atoms with Crippen LogP contribution in [-0.4, -0.2) is 42.4 Å². The molecule has 140 valence electrons. The van der Waals surface area contributed by atoms with Crippen LogP contribution in [0.15, 0.2) is 35.5 Å². The van der Waals surface area contributed by atoms with Crippen LogP contribution in [0.4, 0.5) is 0 Å². The molecule has 1 aliphatic rings. The van der Waals surface area contributed by atoms with Gasteiger partial charge in [0, 0.05) is 24.3 Å². The standard InChI is InChI=1S/C19H25N3O3S/c1-14-4-6-18(7-5-14)26(23,24)22-10-8-17(9-11-22)12-25-19-15(2)16(3)20-13-21-19/h4-7,13,17H,8-12H2,1-3H3. The first-order chi connectivity index (χ1) is 12.4. The summed E-state index contributed by atoms with van der Waals surface area (Å²) >= 11 is 0. The van der Waals surface area contributed by atoms with Crippen LogP contribution in [0.25, 0.3) is 0 Å². The third kappa shape index (κ3) is 4.04. The SMILES string of the molecule is Cc1ccc(S(=O)(=O)N2CCC(COc3ncnc(C)c3C)CC2)cc1. The average Bonchev–Trinajstić information content (AvgIpc) is 2.64. The number of benzene rings is 1. The molecule has 1 aliphatic heterocycles. The molecular weight excluding hydrogens is 350 g/mol. The van der Waals surface area contributed by atoms with Crippen LogP contribution >= 0.6 is 0 Å². The Bertz CT molecular complexity index is 858. The van der Waals surface area contributed by atoms with E-state index >= 15 is 0 Å². The van der Waals surface area contributed by atoms with Crippen LogP contribution in [0.1, 0.15) is 29.7 Å². The van der Waals surface area contributed by atoms with Crippen molar-refractivity contribution in [1.82, 2.24) is 14.3 Å². The lowest BCUT2D eigenvalue weighted by Crippen LogP contribution is -2.39. The van der Waals surface area contributed by atoms with E-state index in [2.05, 4.69) is 9.97 Å². The fraction of sp³-hybridized carbons (Fsp3) is 0.474. The van der Waals surface area contributed by atoms with Crippen molar-refractivity contribution in [3.05, 3.63) is 47.4 Å². The minimum atomic E-state index is -3.41. The topological polar surface area (TPSA) is 72.4 Å². The summed E-state index contributed by atoms with van der Waals surface area (Å²) in [5.74, 6) is 0.946. The minimum Gasteiger partial charge on any atom is -0.477 e. The summed E-state index contributed by atoms with van der Waals surface area (Å²) in [6.07, 6.45) is 3.08. The fourth-order valence-corrected chi connectivity index (χ4v) is 4.50. The van der Waals surface area contributed by atoms with Crippen LogP contribution in [0.2, 0.25) is 0 Å². The van der Waals surface area contributed by atoms with E-state index in [9.17, 15) is 8.42 Å². The summed E-state index contributed by atoms with van der Waals surface area (Å²) in [6.45, 7) is 7.41. The van der Waals surface area contributed by atoms with Crippen molar-refractivity contribution in [2.75, 3.05) is 19.7 Å². The van der Waals surface area contributed by atoms with Gasteiger partial charge in [0.1, 0.15) is 6.33 Å². The largest absolute Gasteiger partial charge is 0.477 e. The third-order valence-electron chi connectivity index (χ3n) is 4.98. The maximum atomic E-state index is 12.7. The monoisotopic (exact) mass is 375 g/mol. The Morgan fingerprint density at radius 2 is 1.73 bits per heavy atom. The molecule has 2 aromatic rings. The Morgan fingerprint density at radius 1 is 1.08 bits per heavy atom. The highest BCUT2D eigenvalue weighted by Crippen LogP contribution is 2.25. The van der Waals surface area contributed by atoms with Gasteiger partial charge < -0.3 is 4.74 Å². The lowest BCUT2D eigenvalue weighted by molar-refractivity contribution is 0.180. The molecule has 0 saturated carbocycles. The average molecular weight is 375 g/mol. The summed E-state index contributed by atoms with van der Waals surface area (Å²) in [4.78, 5) is 8.69. The number of sulfonamides is 1. The van der Waals surface area contributed by atoms with Gasteiger partial charge in [0.25, 0.3) is 0 Å². The van der Waals surface area contributed by atoms with Gasteiger partial charge in [-0.3, -0.25) is 0 Å². The Morgan fingerprint density at radius 3 is 2.38 bits per heavy atom. The molecule has 1 aromatic heterocycles. The zero-order valence-corrected chi connectivity index (χ0v) is 16.3. The van der Waals surface area contributed by atoms with Crippen molar-refractivity contribution in [3.63, 3.8) is 0 Å². The first kappa shape index (κ1) is 18.8. The molecule has 0 N–H and O–H groups in total. The van der Waals surface area contributed by atoms with Gasteiger partial charge in [-0.05, 0) is 51.7 Å². The molecule has 0 spiro atoms. The number of aryl methyl sites for hydroxylation is 2. The van der Waals surface area contributed by atoms with E-state index in [1.807, 2.05) is 32.9 Å². The highest BCUT2D eigenvalue weighted by Gasteiger charge is 2.29. The first-order valence-electron chi connectivity index (χ1n) is 8.86. The molecule has 6 nitrogen and oxygen atoms in total. The first-order valence-corrected chi connectivity index (χ1v) is 10.3. The molecule has 3 rings (SSSR count). The van der Waals surface area contributed by atoms with E-state index in [0.717, 1.165) is 29.7 Å². The van der Waals surface area contributed by atoms with Gasteiger partial charge in [0.2, 0.25) is 15.9 Å². The second kappa shape index (κ2) is 7.72. The lowest BCUT2D eigenvalue weighted by Gasteiger charge is -2.31. The van der Waals surface area contributed by atoms with Crippen molar-refractivity contribution in [2.45, 2.75) is 38.5 Å². The van der Waals surface area contributed by atoms with Gasteiger partial charge in [0.05, 0.1) is 11.5 Å². The van der Waals surface area contributed by atoms with Crippen LogP contribution in [0, 0.1) is 26.7 Å². The molecule has 26 heavy (non-hydrogen) atoms. The molecule has 1 saturated heterocycles. The highest BCUT2D eigenvalue weighted by molar-refractivity contribution is 7.89. The quantitative estimate of drug-likeness (QED) is 0.803. The van der Waals surface area contributed by atoms with E-state index in [4.69, 9.17) is 4.74 Å². The minimum absolute atomic E-state index is 0.328. The van der Waals surface area contributed by atoms with Gasteiger partial charge in [-0.1, -0.05) is 17.7 Å². The highest BCUT2D eigenvalue weighted by atomic mass is 32.2. The van der Waals surface area contributed by atoms with Crippen molar-refractivity contribution in [2.24, 2.45) is 5.92 Å². The third-order valence-corrected chi connectivity index (χ3v) is 6.89. The van der Waals surface area contributed by atoms with Crippen molar-refractivity contribution >= 4 is 10.0 Å². The van der Waals surface area contributed by atoms with Crippen molar-refractivity contribution in [1.29, 1.82) is 0 Å². The van der Waals surface area contributed by atoms with E-state index < -0.39 is 10.0 Å². The van der Waals surface area contributed by atoms with E-state index in [0.29, 0.717) is 36.4 Å². The van der Waals surface area contributed by atoms with Gasteiger partial charge >= 0.3 is 0 Å². The summed E-state index contributed by atoms with van der Waals surface area (Å²) in [5.41, 5.74) is 2.91. The number of hydrogen-bond acceptors (Lipinski definition) is 5. The van der Waals surface area contributed by atoms with E-state index in [-0.39, 0.29) is 0 Å². The maximum absolute atomic E-state index is 12.7. The van der Waals surface area contributed by atoms with E-state index in [1.165, 1.54) is 6.33 Å². The molecule has 7 heteroatoms. The van der Waals surface area contributed by atoms with Gasteiger partial charge in [0.15, 0.2) is 0 Å². The Kier molecular flexibility index (Phi) is 5.58. The summed E-state index contributed by atoms with van der Waals surface area (Å²) < 4.78 is 32.9. The van der Waals surface area contributed by atoms with Crippen molar-refractivity contribution in [3.8, 4) is 5.88 Å². The number of aromatic nitrogens is 2. The summed E-state index contributed by atoms with van der Waals surface area (Å²) in [7, 11) is -3.41. The molecule has 0 atom stereocenters. The van der Waals surface area contributed by atoms with Crippen molar-refractivity contribution < 1.29 is 13.2 Å². The molecule has 0 unspecified atom stereocenters. The zero-order valence-electron chi connectivity index (χ0n) is 15.5. The Labute approximate surface area is 155 Å². The molecular formula is C19H25N3O3S. The van der Waals surface area contributed by atoms with Gasteiger partial charge in [-0.25, -0.2) is 18.4 Å². The predicted octanol–water partition coefficient (Wildman–Crippen LogP) is 2.88. The number of piperidine rings is 1. The second-order valence-corrected chi connectivity index (χ2v) is 8.80. The van der Waals surface area contributed by atoms with E-state index in [1.54, 1.807) is 16.4 Å². The molecule has 0 aliphatic carbocycles. The fourth-order valence-electron chi connectivity index (χ4n) is 3.03. The summed E-state index contributed by atoms with van der Waals surface area (Å²) in [6, 6.07) is 7.03. The van der Waals surface area contributed by atoms with Crippen LogP contribution < -0.4 is 4.74 Å². The molecule has 0 radical (unpaired) electrons. The van der Waals surface area contributed by atoms with Gasteiger partial charge in [-0.2, -0.15) is 4.31 Å². The predicted molar refractivity (Wildman–Crippen MR) is 99.7 cm³/mol. The van der Waals surface area contributed by atoms with Gasteiger partial charge in [-0.15, -0.1) is 0 Å². The zero-order chi connectivity index (χ0) is 18.7.